The van der Waals surface area contributed by atoms with Crippen molar-refractivity contribution in [3.05, 3.63) is 59.7 Å². The number of carbonyl (C=O) groups excluding carboxylic acids is 1. The SMILES string of the molecule is O=C(CCNCc1ccc2c(c1)OCO2)N1CCN(Cc2ccccc2)CC1. The molecule has 0 atom stereocenters. The predicted octanol–water partition coefficient (Wildman–Crippen LogP) is 2.24. The molecule has 148 valence electrons. The normalized spacial score (nSPS) is 16.4. The molecule has 1 N–H and O–H groups in total. The van der Waals surface area contributed by atoms with Gasteiger partial charge in [0.2, 0.25) is 12.7 Å². The monoisotopic (exact) mass is 381 g/mol. The van der Waals surface area contributed by atoms with Gasteiger partial charge in [-0.05, 0) is 23.3 Å². The lowest BCUT2D eigenvalue weighted by Crippen LogP contribution is -2.48. The summed E-state index contributed by atoms with van der Waals surface area (Å²) in [5.41, 5.74) is 2.46. The first kappa shape index (κ1) is 18.8. The van der Waals surface area contributed by atoms with Crippen molar-refractivity contribution >= 4 is 5.91 Å². The molecule has 0 spiro atoms. The van der Waals surface area contributed by atoms with Crippen LogP contribution in [-0.2, 0) is 17.9 Å². The van der Waals surface area contributed by atoms with Crippen molar-refractivity contribution in [2.75, 3.05) is 39.5 Å². The van der Waals surface area contributed by atoms with Crippen molar-refractivity contribution in [1.29, 1.82) is 0 Å². The third-order valence-corrected chi connectivity index (χ3v) is 5.26. The quantitative estimate of drug-likeness (QED) is 0.746. The van der Waals surface area contributed by atoms with Crippen LogP contribution in [0.4, 0.5) is 0 Å². The van der Waals surface area contributed by atoms with Gasteiger partial charge >= 0.3 is 0 Å². The van der Waals surface area contributed by atoms with Gasteiger partial charge in [0, 0.05) is 52.2 Å². The molecule has 1 amide bonds. The van der Waals surface area contributed by atoms with Gasteiger partial charge in [0.1, 0.15) is 0 Å². The van der Waals surface area contributed by atoms with Crippen molar-refractivity contribution in [2.24, 2.45) is 0 Å². The number of ether oxygens (including phenoxy) is 2. The Morgan fingerprint density at radius 1 is 0.929 bits per heavy atom. The average Bonchev–Trinajstić information content (AvgIpc) is 3.20. The first-order chi connectivity index (χ1) is 13.8. The second-order valence-electron chi connectivity index (χ2n) is 7.26. The van der Waals surface area contributed by atoms with Crippen LogP contribution >= 0.6 is 0 Å². The maximum absolute atomic E-state index is 12.5. The largest absolute Gasteiger partial charge is 0.454 e. The van der Waals surface area contributed by atoms with Gasteiger partial charge in [-0.3, -0.25) is 9.69 Å². The third kappa shape index (κ3) is 4.82. The summed E-state index contributed by atoms with van der Waals surface area (Å²) in [4.78, 5) is 16.9. The minimum Gasteiger partial charge on any atom is -0.454 e. The minimum absolute atomic E-state index is 0.234. The summed E-state index contributed by atoms with van der Waals surface area (Å²) in [5, 5.41) is 3.35. The fraction of sp³-hybridized carbons (Fsp3) is 0.409. The Kier molecular flexibility index (Phi) is 6.09. The van der Waals surface area contributed by atoms with Crippen LogP contribution in [0.15, 0.2) is 48.5 Å². The van der Waals surface area contributed by atoms with E-state index in [0.29, 0.717) is 19.8 Å². The number of benzene rings is 2. The predicted molar refractivity (Wildman–Crippen MR) is 107 cm³/mol. The summed E-state index contributed by atoms with van der Waals surface area (Å²) in [6.45, 7) is 6.14. The van der Waals surface area contributed by atoms with Crippen molar-refractivity contribution in [1.82, 2.24) is 15.1 Å². The van der Waals surface area contributed by atoms with Crippen LogP contribution < -0.4 is 14.8 Å². The molecule has 2 aliphatic heterocycles. The Hall–Kier alpha value is -2.57. The van der Waals surface area contributed by atoms with Gasteiger partial charge in [0.05, 0.1) is 0 Å². The number of fused-ring (bicyclic) bond motifs is 1. The Balaban J connectivity index is 1.14. The van der Waals surface area contributed by atoms with Crippen LogP contribution in [0.1, 0.15) is 17.5 Å². The molecule has 2 aromatic carbocycles. The molecule has 2 aliphatic rings. The molecule has 0 aliphatic carbocycles. The molecule has 0 bridgehead atoms. The van der Waals surface area contributed by atoms with Crippen LogP contribution in [0, 0.1) is 0 Å². The smallest absolute Gasteiger partial charge is 0.231 e. The van der Waals surface area contributed by atoms with Crippen LogP contribution in [0.5, 0.6) is 11.5 Å². The number of piperazine rings is 1. The minimum atomic E-state index is 0.234. The number of nitrogens with zero attached hydrogens (tertiary/aromatic N) is 2. The molecular weight excluding hydrogens is 354 g/mol. The molecule has 6 heteroatoms. The van der Waals surface area contributed by atoms with E-state index in [1.54, 1.807) is 0 Å². The van der Waals surface area contributed by atoms with Crippen molar-refractivity contribution < 1.29 is 14.3 Å². The fourth-order valence-corrected chi connectivity index (χ4v) is 3.63. The zero-order chi connectivity index (χ0) is 19.2. The molecular formula is C22H27N3O3. The topological polar surface area (TPSA) is 54.0 Å². The lowest BCUT2D eigenvalue weighted by Gasteiger charge is -2.34. The van der Waals surface area contributed by atoms with E-state index in [4.69, 9.17) is 9.47 Å². The number of carbonyl (C=O) groups is 1. The van der Waals surface area contributed by atoms with E-state index in [9.17, 15) is 4.79 Å². The average molecular weight is 381 g/mol. The van der Waals surface area contributed by atoms with E-state index >= 15 is 0 Å². The van der Waals surface area contributed by atoms with E-state index in [2.05, 4.69) is 34.5 Å². The van der Waals surface area contributed by atoms with Crippen molar-refractivity contribution in [3.8, 4) is 11.5 Å². The third-order valence-electron chi connectivity index (χ3n) is 5.26. The van der Waals surface area contributed by atoms with Gasteiger partial charge in [-0.2, -0.15) is 0 Å². The first-order valence-electron chi connectivity index (χ1n) is 9.91. The van der Waals surface area contributed by atoms with Gasteiger partial charge < -0.3 is 19.7 Å². The number of hydrogen-bond acceptors (Lipinski definition) is 5. The van der Waals surface area contributed by atoms with E-state index in [1.807, 2.05) is 29.2 Å². The summed E-state index contributed by atoms with van der Waals surface area (Å²) < 4.78 is 10.7. The zero-order valence-corrected chi connectivity index (χ0v) is 16.1. The molecule has 4 rings (SSSR count). The maximum Gasteiger partial charge on any atom is 0.231 e. The van der Waals surface area contributed by atoms with Gasteiger partial charge in [-0.1, -0.05) is 36.4 Å². The first-order valence-corrected chi connectivity index (χ1v) is 9.91. The highest BCUT2D eigenvalue weighted by molar-refractivity contribution is 5.76. The summed E-state index contributed by atoms with van der Waals surface area (Å²) in [6, 6.07) is 16.4. The van der Waals surface area contributed by atoms with Crippen LogP contribution in [0.2, 0.25) is 0 Å². The van der Waals surface area contributed by atoms with Crippen LogP contribution in [0.3, 0.4) is 0 Å². The van der Waals surface area contributed by atoms with Crippen LogP contribution in [-0.4, -0.2) is 55.2 Å². The molecule has 0 aromatic heterocycles. The molecule has 2 aromatic rings. The van der Waals surface area contributed by atoms with E-state index in [1.165, 1.54) is 5.56 Å². The van der Waals surface area contributed by atoms with E-state index in [-0.39, 0.29) is 5.91 Å². The van der Waals surface area contributed by atoms with Crippen LogP contribution in [0.25, 0.3) is 0 Å². The molecule has 1 saturated heterocycles. The lowest BCUT2D eigenvalue weighted by molar-refractivity contribution is -0.132. The van der Waals surface area contributed by atoms with E-state index in [0.717, 1.165) is 56.3 Å². The Morgan fingerprint density at radius 3 is 2.54 bits per heavy atom. The second kappa shape index (κ2) is 9.08. The lowest BCUT2D eigenvalue weighted by atomic mass is 10.2. The van der Waals surface area contributed by atoms with Gasteiger partial charge in [0.15, 0.2) is 11.5 Å². The number of rotatable bonds is 7. The molecule has 0 saturated carbocycles. The zero-order valence-electron chi connectivity index (χ0n) is 16.1. The summed E-state index contributed by atoms with van der Waals surface area (Å²) in [5.74, 6) is 1.83. The number of nitrogens with one attached hydrogen (secondary N) is 1. The number of amides is 1. The molecule has 1 fully saturated rings. The van der Waals surface area contributed by atoms with Gasteiger partial charge in [0.25, 0.3) is 0 Å². The molecule has 2 heterocycles. The summed E-state index contributed by atoms with van der Waals surface area (Å²) >= 11 is 0. The van der Waals surface area contributed by atoms with Gasteiger partial charge in [-0.25, -0.2) is 0 Å². The molecule has 0 unspecified atom stereocenters. The Morgan fingerprint density at radius 2 is 1.71 bits per heavy atom. The standard InChI is InChI=1S/C22H27N3O3/c26-22(8-9-23-15-19-6-7-20-21(14-19)28-17-27-20)25-12-10-24(11-13-25)16-18-4-2-1-3-5-18/h1-7,14,23H,8-13,15-17H2. The second-order valence-corrected chi connectivity index (χ2v) is 7.26. The highest BCUT2D eigenvalue weighted by Gasteiger charge is 2.20. The molecule has 6 nitrogen and oxygen atoms in total. The highest BCUT2D eigenvalue weighted by atomic mass is 16.7. The number of hydrogen-bond donors (Lipinski definition) is 1. The van der Waals surface area contributed by atoms with E-state index < -0.39 is 0 Å². The Labute approximate surface area is 166 Å². The highest BCUT2D eigenvalue weighted by Crippen LogP contribution is 2.32. The van der Waals surface area contributed by atoms with Crippen molar-refractivity contribution in [3.63, 3.8) is 0 Å². The molecule has 28 heavy (non-hydrogen) atoms. The Bertz CT molecular complexity index is 789. The maximum atomic E-state index is 12.5. The summed E-state index contributed by atoms with van der Waals surface area (Å²) in [7, 11) is 0. The van der Waals surface area contributed by atoms with Crippen molar-refractivity contribution in [2.45, 2.75) is 19.5 Å². The van der Waals surface area contributed by atoms with Gasteiger partial charge in [-0.15, -0.1) is 0 Å². The fourth-order valence-electron chi connectivity index (χ4n) is 3.63. The summed E-state index contributed by atoms with van der Waals surface area (Å²) in [6.07, 6.45) is 0.531. The molecule has 0 radical (unpaired) electrons.